The third kappa shape index (κ3) is 4.47. The Bertz CT molecular complexity index is 882. The zero-order chi connectivity index (χ0) is 17.6. The molecule has 1 aromatic heterocycles. The van der Waals surface area contributed by atoms with E-state index in [0.29, 0.717) is 6.54 Å². The van der Waals surface area contributed by atoms with Gasteiger partial charge in [0, 0.05) is 23.1 Å². The zero-order valence-corrected chi connectivity index (χ0v) is 16.2. The number of hydrazine groups is 1. The lowest BCUT2D eigenvalue weighted by Gasteiger charge is -2.05. The standard InChI is InChI=1S/C18H16N4O2S.BrH/c1-2-12-21-17(14-6-4-3-5-7-14)13-25-18(21)20-19-15-8-10-16(11-9-15)22(23)24;/h2-11,13,19H,1,12H2;1H. The average Bonchev–Trinajstić information content (AvgIpc) is 3.04. The van der Waals surface area contributed by atoms with Gasteiger partial charge in [0.25, 0.3) is 5.69 Å². The number of allylic oxidation sites excluding steroid dienone is 1. The van der Waals surface area contributed by atoms with Crippen LogP contribution in [0.4, 0.5) is 16.5 Å². The lowest BCUT2D eigenvalue weighted by Crippen LogP contribution is -3.00. The van der Waals surface area contributed by atoms with E-state index in [2.05, 4.69) is 39.5 Å². The number of nitrogens with zero attached hydrogens (tertiary/aromatic N) is 2. The number of aromatic nitrogens is 1. The van der Waals surface area contributed by atoms with Crippen LogP contribution in [0.3, 0.4) is 0 Å². The van der Waals surface area contributed by atoms with Crippen LogP contribution in [-0.4, -0.2) is 4.92 Å². The number of anilines is 2. The van der Waals surface area contributed by atoms with Crippen molar-refractivity contribution >= 4 is 27.8 Å². The molecule has 0 aliphatic rings. The molecule has 0 aliphatic carbocycles. The molecule has 8 heteroatoms. The molecule has 3 aromatic rings. The zero-order valence-electron chi connectivity index (χ0n) is 13.8. The summed E-state index contributed by atoms with van der Waals surface area (Å²) in [6.07, 6.45) is 1.84. The molecule has 0 saturated heterocycles. The van der Waals surface area contributed by atoms with Crippen molar-refractivity contribution in [2.75, 3.05) is 10.9 Å². The number of nitro benzene ring substituents is 1. The van der Waals surface area contributed by atoms with Crippen LogP contribution in [0.5, 0.6) is 0 Å². The number of halogens is 1. The molecule has 0 radical (unpaired) electrons. The number of nitro groups is 1. The summed E-state index contributed by atoms with van der Waals surface area (Å²) in [7, 11) is 0. The van der Waals surface area contributed by atoms with Gasteiger partial charge in [-0.2, -0.15) is 5.43 Å². The Hall–Kier alpha value is -2.71. The average molecular weight is 433 g/mol. The van der Waals surface area contributed by atoms with Crippen LogP contribution < -0.4 is 32.4 Å². The maximum Gasteiger partial charge on any atom is 0.357 e. The van der Waals surface area contributed by atoms with Crippen LogP contribution >= 0.6 is 11.3 Å². The molecule has 2 N–H and O–H groups in total. The third-order valence-corrected chi connectivity index (χ3v) is 4.48. The molecule has 0 fully saturated rings. The first-order valence-corrected chi connectivity index (χ1v) is 8.51. The number of non-ortho nitro benzene ring substituents is 1. The highest BCUT2D eigenvalue weighted by Crippen LogP contribution is 2.23. The topological polar surface area (TPSA) is 71.1 Å². The second-order valence-electron chi connectivity index (χ2n) is 5.25. The highest BCUT2D eigenvalue weighted by molar-refractivity contribution is 7.13. The van der Waals surface area contributed by atoms with E-state index in [1.165, 1.54) is 12.1 Å². The number of thiazole rings is 1. The third-order valence-electron chi connectivity index (χ3n) is 3.59. The van der Waals surface area contributed by atoms with Crippen molar-refractivity contribution in [3.8, 4) is 11.3 Å². The smallest absolute Gasteiger partial charge is 0.357 e. The van der Waals surface area contributed by atoms with Gasteiger partial charge >= 0.3 is 5.13 Å². The number of nitrogens with one attached hydrogen (secondary N) is 2. The Kier molecular flexibility index (Phi) is 6.88. The predicted molar refractivity (Wildman–Crippen MR) is 100 cm³/mol. The SMILES string of the molecule is C=CC[n+]1c(-c2ccccc2)csc1NNc1ccc([N+](=O)[O-])cc1.[Br-]. The van der Waals surface area contributed by atoms with E-state index in [0.717, 1.165) is 22.1 Å². The van der Waals surface area contributed by atoms with Gasteiger partial charge in [-0.25, -0.2) is 9.99 Å². The van der Waals surface area contributed by atoms with Crippen molar-refractivity contribution in [1.82, 2.24) is 0 Å². The van der Waals surface area contributed by atoms with Gasteiger partial charge in [-0.15, -0.1) is 0 Å². The second-order valence-corrected chi connectivity index (χ2v) is 6.10. The summed E-state index contributed by atoms with van der Waals surface area (Å²) in [6, 6.07) is 16.4. The van der Waals surface area contributed by atoms with Gasteiger partial charge in [0.1, 0.15) is 12.2 Å². The molecule has 26 heavy (non-hydrogen) atoms. The first-order valence-electron chi connectivity index (χ1n) is 7.63. The Labute approximate surface area is 165 Å². The van der Waals surface area contributed by atoms with Crippen LogP contribution in [-0.2, 0) is 6.54 Å². The van der Waals surface area contributed by atoms with Gasteiger partial charge in [-0.3, -0.25) is 10.1 Å². The number of rotatable bonds is 7. The highest BCUT2D eigenvalue weighted by atomic mass is 79.9. The van der Waals surface area contributed by atoms with Gasteiger partial charge in [-0.05, 0) is 12.1 Å². The lowest BCUT2D eigenvalue weighted by atomic mass is 10.2. The molecule has 0 amide bonds. The quantitative estimate of drug-likeness (QED) is 0.255. The second kappa shape index (κ2) is 9.12. The minimum Gasteiger partial charge on any atom is -1.00 e. The monoisotopic (exact) mass is 432 g/mol. The summed E-state index contributed by atoms with van der Waals surface area (Å²) in [6.45, 7) is 4.49. The summed E-state index contributed by atoms with van der Waals surface area (Å²) in [5, 5.41) is 13.7. The normalized spacial score (nSPS) is 9.85. The fraction of sp³-hybridized carbons (Fsp3) is 0.0556. The Morgan fingerprint density at radius 2 is 1.81 bits per heavy atom. The molecule has 0 aliphatic heterocycles. The van der Waals surface area contributed by atoms with Gasteiger partial charge < -0.3 is 17.0 Å². The van der Waals surface area contributed by atoms with Gasteiger partial charge in [0.2, 0.25) is 0 Å². The van der Waals surface area contributed by atoms with E-state index in [-0.39, 0.29) is 22.7 Å². The van der Waals surface area contributed by atoms with Crippen LogP contribution in [0, 0.1) is 10.1 Å². The molecule has 0 atom stereocenters. The number of hydrogen-bond donors (Lipinski definition) is 2. The number of benzene rings is 2. The summed E-state index contributed by atoms with van der Waals surface area (Å²) >= 11 is 1.57. The number of hydrogen-bond acceptors (Lipinski definition) is 5. The highest BCUT2D eigenvalue weighted by Gasteiger charge is 2.18. The van der Waals surface area contributed by atoms with Gasteiger partial charge in [0.15, 0.2) is 0 Å². The molecule has 0 saturated carbocycles. The van der Waals surface area contributed by atoms with Crippen molar-refractivity contribution in [2.24, 2.45) is 0 Å². The summed E-state index contributed by atoms with van der Waals surface area (Å²) in [5.74, 6) is 0. The molecular weight excluding hydrogens is 416 g/mol. The molecule has 0 unspecified atom stereocenters. The molecule has 3 rings (SSSR count). The molecule has 0 spiro atoms. The van der Waals surface area contributed by atoms with E-state index in [4.69, 9.17) is 0 Å². The lowest BCUT2D eigenvalue weighted by molar-refractivity contribution is -0.657. The van der Waals surface area contributed by atoms with Gasteiger partial charge in [0.05, 0.1) is 10.6 Å². The first-order chi connectivity index (χ1) is 12.2. The molecule has 6 nitrogen and oxygen atoms in total. The van der Waals surface area contributed by atoms with Crippen molar-refractivity contribution in [1.29, 1.82) is 0 Å². The largest absolute Gasteiger partial charge is 1.00 e. The van der Waals surface area contributed by atoms with E-state index in [9.17, 15) is 10.1 Å². The van der Waals surface area contributed by atoms with E-state index in [1.54, 1.807) is 23.5 Å². The molecule has 0 bridgehead atoms. The van der Waals surface area contributed by atoms with Crippen LogP contribution in [0.25, 0.3) is 11.3 Å². The van der Waals surface area contributed by atoms with Crippen LogP contribution in [0.15, 0.2) is 72.6 Å². The summed E-state index contributed by atoms with van der Waals surface area (Å²) in [5.41, 5.74) is 9.27. The van der Waals surface area contributed by atoms with Crippen LogP contribution in [0.1, 0.15) is 0 Å². The van der Waals surface area contributed by atoms with Crippen LogP contribution in [0.2, 0.25) is 0 Å². The van der Waals surface area contributed by atoms with Crippen molar-refractivity contribution < 1.29 is 26.5 Å². The first kappa shape index (κ1) is 19.6. The van der Waals surface area contributed by atoms with E-state index < -0.39 is 4.92 Å². The minimum atomic E-state index is -0.416. The maximum atomic E-state index is 10.7. The van der Waals surface area contributed by atoms with Crippen molar-refractivity contribution in [2.45, 2.75) is 6.54 Å². The van der Waals surface area contributed by atoms with Crippen molar-refractivity contribution in [3.63, 3.8) is 0 Å². The minimum absolute atomic E-state index is 0. The van der Waals surface area contributed by atoms with E-state index >= 15 is 0 Å². The summed E-state index contributed by atoms with van der Waals surface area (Å²) < 4.78 is 2.12. The Morgan fingerprint density at radius 3 is 2.42 bits per heavy atom. The molecule has 2 aromatic carbocycles. The molecule has 134 valence electrons. The predicted octanol–water partition coefficient (Wildman–Crippen LogP) is 1.24. The molecule has 1 heterocycles. The fourth-order valence-corrected chi connectivity index (χ4v) is 3.28. The van der Waals surface area contributed by atoms with E-state index in [1.807, 2.05) is 24.3 Å². The summed E-state index contributed by atoms with van der Waals surface area (Å²) in [4.78, 5) is 10.3. The Balaban J connectivity index is 0.00000243. The fourth-order valence-electron chi connectivity index (χ4n) is 2.38. The van der Waals surface area contributed by atoms with Crippen molar-refractivity contribution in [3.05, 3.63) is 82.7 Å². The molecular formula is C18H17BrN4O2S. The maximum absolute atomic E-state index is 10.7. The Morgan fingerprint density at radius 1 is 1.12 bits per heavy atom. The van der Waals surface area contributed by atoms with Gasteiger partial charge in [-0.1, -0.05) is 54.3 Å².